The van der Waals surface area contributed by atoms with E-state index in [0.717, 1.165) is 6.07 Å². The number of hydrogen-bond acceptors (Lipinski definition) is 1. The highest BCUT2D eigenvalue weighted by Gasteiger charge is 2.32. The molecule has 0 bridgehead atoms. The van der Waals surface area contributed by atoms with Crippen LogP contribution in [-0.4, -0.2) is 0 Å². The summed E-state index contributed by atoms with van der Waals surface area (Å²) in [5.74, 6) is 0. The van der Waals surface area contributed by atoms with Gasteiger partial charge in [0, 0.05) is 17.8 Å². The predicted octanol–water partition coefficient (Wildman–Crippen LogP) is 5.26. The maximum atomic E-state index is 12.8. The fraction of sp³-hybridized carbons (Fsp3) is 0.200. The third kappa shape index (κ3) is 3.93. The monoisotopic (exact) mass is 301 g/mol. The van der Waals surface area contributed by atoms with E-state index in [4.69, 9.17) is 0 Å². The molecule has 2 aromatic rings. The minimum absolute atomic E-state index is 0.0389. The first-order chi connectivity index (χ1) is 9.88. The zero-order valence-corrected chi connectivity index (χ0v) is 10.8. The highest BCUT2D eigenvalue weighted by atomic mass is 19.4. The average molecular weight is 301 g/mol. The van der Waals surface area contributed by atoms with Gasteiger partial charge in [-0.3, -0.25) is 0 Å². The maximum absolute atomic E-state index is 12.8. The lowest BCUT2D eigenvalue weighted by atomic mass is 10.1. The van der Waals surface area contributed by atoms with Crippen molar-refractivity contribution in [2.24, 2.45) is 0 Å². The SMILES string of the molecule is FC(F)c1ccc(CNc2ccccc2C(F)(F)F)cc1. The number of alkyl halides is 5. The molecule has 0 fully saturated rings. The summed E-state index contributed by atoms with van der Waals surface area (Å²) in [6.45, 7) is 0.122. The van der Waals surface area contributed by atoms with Crippen LogP contribution in [-0.2, 0) is 12.7 Å². The molecule has 0 aliphatic heterocycles. The number of anilines is 1. The number of para-hydroxylation sites is 1. The number of nitrogens with one attached hydrogen (secondary N) is 1. The third-order valence-corrected chi connectivity index (χ3v) is 2.95. The zero-order valence-electron chi connectivity index (χ0n) is 10.8. The first-order valence-corrected chi connectivity index (χ1v) is 6.15. The third-order valence-electron chi connectivity index (χ3n) is 2.95. The van der Waals surface area contributed by atoms with E-state index in [1.807, 2.05) is 0 Å². The van der Waals surface area contributed by atoms with Crippen LogP contribution in [0.4, 0.5) is 27.6 Å². The van der Waals surface area contributed by atoms with Gasteiger partial charge in [0.1, 0.15) is 0 Å². The van der Waals surface area contributed by atoms with E-state index < -0.39 is 18.2 Å². The van der Waals surface area contributed by atoms with Gasteiger partial charge in [-0.05, 0) is 17.7 Å². The van der Waals surface area contributed by atoms with Crippen LogP contribution >= 0.6 is 0 Å². The van der Waals surface area contributed by atoms with Crippen molar-refractivity contribution in [3.8, 4) is 0 Å². The first-order valence-electron chi connectivity index (χ1n) is 6.15. The quantitative estimate of drug-likeness (QED) is 0.760. The molecular weight excluding hydrogens is 289 g/mol. The molecule has 112 valence electrons. The molecule has 0 aliphatic rings. The van der Waals surface area contributed by atoms with Crippen molar-refractivity contribution in [3.05, 3.63) is 65.2 Å². The summed E-state index contributed by atoms with van der Waals surface area (Å²) in [6.07, 6.45) is -7.00. The molecule has 1 N–H and O–H groups in total. The van der Waals surface area contributed by atoms with Gasteiger partial charge in [-0.1, -0.05) is 36.4 Å². The average Bonchev–Trinajstić information content (AvgIpc) is 2.45. The molecule has 0 atom stereocenters. The molecule has 0 aromatic heterocycles. The molecule has 1 nitrogen and oxygen atoms in total. The van der Waals surface area contributed by atoms with Gasteiger partial charge in [0.2, 0.25) is 0 Å². The largest absolute Gasteiger partial charge is 0.418 e. The van der Waals surface area contributed by atoms with Crippen LogP contribution in [0.2, 0.25) is 0 Å². The van der Waals surface area contributed by atoms with Crippen molar-refractivity contribution in [2.75, 3.05) is 5.32 Å². The lowest BCUT2D eigenvalue weighted by molar-refractivity contribution is -0.137. The van der Waals surface area contributed by atoms with E-state index in [2.05, 4.69) is 5.32 Å². The highest BCUT2D eigenvalue weighted by molar-refractivity contribution is 5.52. The summed E-state index contributed by atoms with van der Waals surface area (Å²) in [6, 6.07) is 10.6. The van der Waals surface area contributed by atoms with Crippen LogP contribution in [0.1, 0.15) is 23.1 Å². The van der Waals surface area contributed by atoms with Crippen molar-refractivity contribution in [1.82, 2.24) is 0 Å². The first kappa shape index (κ1) is 15.3. The van der Waals surface area contributed by atoms with E-state index in [0.29, 0.717) is 5.56 Å². The van der Waals surface area contributed by atoms with Gasteiger partial charge >= 0.3 is 6.18 Å². The van der Waals surface area contributed by atoms with Crippen LogP contribution < -0.4 is 5.32 Å². The number of rotatable bonds is 4. The molecule has 0 spiro atoms. The highest BCUT2D eigenvalue weighted by Crippen LogP contribution is 2.34. The minimum Gasteiger partial charge on any atom is -0.380 e. The van der Waals surface area contributed by atoms with Gasteiger partial charge in [-0.15, -0.1) is 0 Å². The zero-order chi connectivity index (χ0) is 15.5. The second-order valence-electron chi connectivity index (χ2n) is 4.44. The second kappa shape index (κ2) is 6.11. The topological polar surface area (TPSA) is 12.0 Å². The van der Waals surface area contributed by atoms with E-state index in [1.165, 1.54) is 42.5 Å². The number of benzene rings is 2. The Morgan fingerprint density at radius 2 is 1.52 bits per heavy atom. The molecule has 6 heteroatoms. The molecule has 0 unspecified atom stereocenters. The second-order valence-corrected chi connectivity index (χ2v) is 4.44. The predicted molar refractivity (Wildman–Crippen MR) is 70.2 cm³/mol. The summed E-state index contributed by atoms with van der Waals surface area (Å²) >= 11 is 0. The van der Waals surface area contributed by atoms with Gasteiger partial charge in [0.15, 0.2) is 0 Å². The van der Waals surface area contributed by atoms with Gasteiger partial charge in [-0.2, -0.15) is 13.2 Å². The molecular formula is C15H12F5N. The van der Waals surface area contributed by atoms with Crippen LogP contribution in [0.5, 0.6) is 0 Å². The Morgan fingerprint density at radius 3 is 2.10 bits per heavy atom. The van der Waals surface area contributed by atoms with Crippen molar-refractivity contribution >= 4 is 5.69 Å². The normalized spacial score (nSPS) is 11.7. The maximum Gasteiger partial charge on any atom is 0.418 e. The molecule has 2 aromatic carbocycles. The molecule has 0 heterocycles. The van der Waals surface area contributed by atoms with E-state index >= 15 is 0 Å². The summed E-state index contributed by atoms with van der Waals surface area (Å²) in [4.78, 5) is 0. The molecule has 0 radical (unpaired) electrons. The van der Waals surface area contributed by atoms with Crippen molar-refractivity contribution in [2.45, 2.75) is 19.1 Å². The Balaban J connectivity index is 2.10. The van der Waals surface area contributed by atoms with Gasteiger partial charge in [0.05, 0.1) is 5.56 Å². The van der Waals surface area contributed by atoms with E-state index in [1.54, 1.807) is 0 Å². The Bertz CT molecular complexity index is 590. The van der Waals surface area contributed by atoms with Crippen molar-refractivity contribution in [1.29, 1.82) is 0 Å². The van der Waals surface area contributed by atoms with Gasteiger partial charge in [0.25, 0.3) is 6.43 Å². The van der Waals surface area contributed by atoms with Gasteiger partial charge in [-0.25, -0.2) is 8.78 Å². The summed E-state index contributed by atoms with van der Waals surface area (Å²) < 4.78 is 63.2. The Kier molecular flexibility index (Phi) is 4.45. The Morgan fingerprint density at radius 1 is 0.905 bits per heavy atom. The fourth-order valence-electron chi connectivity index (χ4n) is 1.86. The van der Waals surface area contributed by atoms with Crippen LogP contribution in [0, 0.1) is 0 Å². The Labute approximate surface area is 118 Å². The van der Waals surface area contributed by atoms with Crippen molar-refractivity contribution < 1.29 is 22.0 Å². The van der Waals surface area contributed by atoms with E-state index in [9.17, 15) is 22.0 Å². The lowest BCUT2D eigenvalue weighted by Gasteiger charge is -2.14. The lowest BCUT2D eigenvalue weighted by Crippen LogP contribution is -2.10. The summed E-state index contributed by atoms with van der Waals surface area (Å²) in [5.41, 5.74) is -0.289. The molecule has 0 aliphatic carbocycles. The summed E-state index contributed by atoms with van der Waals surface area (Å²) in [7, 11) is 0. The minimum atomic E-state index is -4.44. The molecule has 2 rings (SSSR count). The van der Waals surface area contributed by atoms with Crippen LogP contribution in [0.15, 0.2) is 48.5 Å². The number of halogens is 5. The smallest absolute Gasteiger partial charge is 0.380 e. The fourth-order valence-corrected chi connectivity index (χ4v) is 1.86. The Hall–Kier alpha value is -2.11. The van der Waals surface area contributed by atoms with Gasteiger partial charge < -0.3 is 5.32 Å². The molecule has 0 amide bonds. The van der Waals surface area contributed by atoms with E-state index in [-0.39, 0.29) is 17.8 Å². The van der Waals surface area contributed by atoms with Crippen LogP contribution in [0.25, 0.3) is 0 Å². The summed E-state index contributed by atoms with van der Waals surface area (Å²) in [5, 5.41) is 2.68. The van der Waals surface area contributed by atoms with Crippen LogP contribution in [0.3, 0.4) is 0 Å². The number of hydrogen-bond donors (Lipinski definition) is 1. The van der Waals surface area contributed by atoms with Crippen molar-refractivity contribution in [3.63, 3.8) is 0 Å². The molecule has 21 heavy (non-hydrogen) atoms. The molecule has 0 saturated carbocycles. The molecule has 0 saturated heterocycles. The standard InChI is InChI=1S/C15H12F5N/c16-14(17)11-7-5-10(6-8-11)9-21-13-4-2-1-3-12(13)15(18,19)20/h1-8,14,21H,9H2.